The Morgan fingerprint density at radius 2 is 2.00 bits per heavy atom. The monoisotopic (exact) mass is 341 g/mol. The summed E-state index contributed by atoms with van der Waals surface area (Å²) in [7, 11) is 0. The van der Waals surface area contributed by atoms with Gasteiger partial charge in [-0.3, -0.25) is 4.79 Å². The number of rotatable bonds is 3. The highest BCUT2D eigenvalue weighted by molar-refractivity contribution is 5.35. The second-order valence-corrected chi connectivity index (χ2v) is 5.41. The Labute approximate surface area is 134 Å². The van der Waals surface area contributed by atoms with Gasteiger partial charge in [-0.15, -0.1) is 10.2 Å². The number of hydrogen-bond donors (Lipinski definition) is 1. The third-order valence-electron chi connectivity index (χ3n) is 3.61. The molecule has 0 aliphatic carbocycles. The number of hydrogen-bond acceptors (Lipinski definition) is 6. The zero-order valence-electron chi connectivity index (χ0n) is 12.6. The van der Waals surface area contributed by atoms with Crippen molar-refractivity contribution in [3.63, 3.8) is 0 Å². The van der Waals surface area contributed by atoms with Crippen LogP contribution in [-0.4, -0.2) is 39.2 Å². The molecule has 0 saturated carbocycles. The summed E-state index contributed by atoms with van der Waals surface area (Å²) in [4.78, 5) is 12.0. The highest BCUT2D eigenvalue weighted by Gasteiger charge is 2.34. The smallest absolute Gasteiger partial charge is 0.377 e. The number of alkyl halides is 3. The van der Waals surface area contributed by atoms with E-state index in [0.717, 1.165) is 6.07 Å². The summed E-state index contributed by atoms with van der Waals surface area (Å²) in [5.41, 5.74) is -0.667. The molecule has 128 valence electrons. The number of nitrogens with one attached hydrogen (secondary N) is 1. The molecule has 0 spiro atoms. The number of halogens is 3. The van der Waals surface area contributed by atoms with Crippen LogP contribution in [0.5, 0.6) is 0 Å². The van der Waals surface area contributed by atoms with Crippen LogP contribution in [0.25, 0.3) is 0 Å². The fourth-order valence-corrected chi connectivity index (χ4v) is 2.43. The maximum atomic E-state index is 12.5. The van der Waals surface area contributed by atoms with Crippen molar-refractivity contribution in [1.29, 1.82) is 0 Å². The van der Waals surface area contributed by atoms with E-state index in [4.69, 9.17) is 4.74 Å². The first-order chi connectivity index (χ1) is 11.3. The van der Waals surface area contributed by atoms with Gasteiger partial charge in [-0.2, -0.15) is 18.3 Å². The number of aromatic nitrogens is 4. The molecular formula is C14H14F3N5O2. The second-order valence-electron chi connectivity index (χ2n) is 5.41. The van der Waals surface area contributed by atoms with E-state index in [9.17, 15) is 18.0 Å². The zero-order valence-corrected chi connectivity index (χ0v) is 12.6. The van der Waals surface area contributed by atoms with Crippen LogP contribution in [0.15, 0.2) is 29.1 Å². The summed E-state index contributed by atoms with van der Waals surface area (Å²) in [5.74, 6) is 0.171. The third kappa shape index (κ3) is 3.37. The Balaban J connectivity index is 1.79. The molecule has 1 fully saturated rings. The van der Waals surface area contributed by atoms with Crippen molar-refractivity contribution in [2.75, 3.05) is 18.5 Å². The zero-order chi connectivity index (χ0) is 17.3. The molecule has 1 N–H and O–H groups in total. The van der Waals surface area contributed by atoms with Crippen LogP contribution in [0.4, 0.5) is 19.0 Å². The van der Waals surface area contributed by atoms with E-state index in [1.807, 2.05) is 0 Å². The van der Waals surface area contributed by atoms with Crippen molar-refractivity contribution in [2.45, 2.75) is 25.2 Å². The lowest BCUT2D eigenvalue weighted by Crippen LogP contribution is -2.37. The van der Waals surface area contributed by atoms with Crippen LogP contribution in [0.3, 0.4) is 0 Å². The molecule has 1 aliphatic rings. The van der Waals surface area contributed by atoms with E-state index in [1.54, 1.807) is 13.0 Å². The van der Waals surface area contributed by atoms with Crippen LogP contribution < -0.4 is 10.9 Å². The van der Waals surface area contributed by atoms with Gasteiger partial charge in [-0.05, 0) is 25.1 Å². The fraction of sp³-hybridized carbons (Fsp3) is 0.429. The van der Waals surface area contributed by atoms with Gasteiger partial charge in [0.2, 0.25) is 0 Å². The van der Waals surface area contributed by atoms with Gasteiger partial charge in [0.25, 0.3) is 5.56 Å². The van der Waals surface area contributed by atoms with Gasteiger partial charge >= 0.3 is 6.18 Å². The maximum absolute atomic E-state index is 12.5. The van der Waals surface area contributed by atoms with Gasteiger partial charge in [-0.1, -0.05) is 0 Å². The average molecular weight is 341 g/mol. The molecule has 3 rings (SSSR count). The largest absolute Gasteiger partial charge is 0.435 e. The predicted octanol–water partition coefficient (Wildman–Crippen LogP) is 1.41. The Kier molecular flexibility index (Phi) is 4.22. The Morgan fingerprint density at radius 3 is 2.67 bits per heavy atom. The topological polar surface area (TPSA) is 81.9 Å². The molecule has 2 aromatic heterocycles. The van der Waals surface area contributed by atoms with Gasteiger partial charge in [0.05, 0.1) is 24.9 Å². The Bertz CT molecular complexity index is 775. The quantitative estimate of drug-likeness (QED) is 0.909. The molecule has 2 aromatic rings. The molecular weight excluding hydrogens is 327 g/mol. The van der Waals surface area contributed by atoms with Crippen LogP contribution in [0, 0.1) is 6.92 Å². The van der Waals surface area contributed by atoms with E-state index in [1.165, 1.54) is 16.8 Å². The second kappa shape index (κ2) is 6.19. The molecule has 2 atom stereocenters. The van der Waals surface area contributed by atoms with Crippen LogP contribution in [-0.2, 0) is 10.9 Å². The van der Waals surface area contributed by atoms with Crippen molar-refractivity contribution in [3.05, 3.63) is 46.0 Å². The molecule has 0 aromatic carbocycles. The lowest BCUT2D eigenvalue weighted by Gasteiger charge is -2.20. The summed E-state index contributed by atoms with van der Waals surface area (Å²) in [5, 5.41) is 13.8. The van der Waals surface area contributed by atoms with Gasteiger partial charge in [0.15, 0.2) is 5.69 Å². The summed E-state index contributed by atoms with van der Waals surface area (Å²) in [6.07, 6.45) is -4.54. The van der Waals surface area contributed by atoms with Crippen LogP contribution >= 0.6 is 0 Å². The van der Waals surface area contributed by atoms with Gasteiger partial charge in [0.1, 0.15) is 11.9 Å². The molecule has 0 radical (unpaired) electrons. The highest BCUT2D eigenvalue weighted by Crippen LogP contribution is 2.27. The minimum atomic E-state index is -4.54. The van der Waals surface area contributed by atoms with E-state index in [-0.39, 0.29) is 36.7 Å². The Morgan fingerprint density at radius 1 is 1.21 bits per heavy atom. The van der Waals surface area contributed by atoms with Gasteiger partial charge in [0, 0.05) is 6.07 Å². The SMILES string of the molecule is Cc1ccc(=O)n(C2COCC2Nc2ccc(C(F)(F)F)nn2)n1. The van der Waals surface area contributed by atoms with E-state index >= 15 is 0 Å². The minimum absolute atomic E-state index is 0.171. The molecule has 7 nitrogen and oxygen atoms in total. The highest BCUT2D eigenvalue weighted by atomic mass is 19.4. The summed E-state index contributed by atoms with van der Waals surface area (Å²) >= 11 is 0. The van der Waals surface area contributed by atoms with Crippen LogP contribution in [0.1, 0.15) is 17.4 Å². The minimum Gasteiger partial charge on any atom is -0.377 e. The predicted molar refractivity (Wildman–Crippen MR) is 77.5 cm³/mol. The number of aryl methyl sites for hydroxylation is 1. The standard InChI is InChI=1S/C14H14F3N5O2/c1-8-2-5-13(23)22(21-8)10-7-24-6-9(10)18-12-4-3-11(19-20-12)14(15,16)17/h2-5,9-10H,6-7H2,1H3,(H,18,20). The maximum Gasteiger partial charge on any atom is 0.435 e. The number of anilines is 1. The van der Waals surface area contributed by atoms with Crippen molar-refractivity contribution in [1.82, 2.24) is 20.0 Å². The van der Waals surface area contributed by atoms with Crippen molar-refractivity contribution in [2.24, 2.45) is 0 Å². The lowest BCUT2D eigenvalue weighted by molar-refractivity contribution is -0.141. The van der Waals surface area contributed by atoms with E-state index in [2.05, 4.69) is 20.6 Å². The summed E-state index contributed by atoms with van der Waals surface area (Å²) < 4.78 is 44.2. The van der Waals surface area contributed by atoms with Crippen molar-refractivity contribution in [3.8, 4) is 0 Å². The van der Waals surface area contributed by atoms with Crippen LogP contribution in [0.2, 0.25) is 0 Å². The number of nitrogens with zero attached hydrogens (tertiary/aromatic N) is 4. The average Bonchev–Trinajstić information content (AvgIpc) is 2.97. The summed E-state index contributed by atoms with van der Waals surface area (Å²) in [6, 6.07) is 4.31. The first-order valence-corrected chi connectivity index (χ1v) is 7.16. The molecule has 0 amide bonds. The molecule has 10 heteroatoms. The van der Waals surface area contributed by atoms with Crippen molar-refractivity contribution >= 4 is 5.82 Å². The first-order valence-electron chi connectivity index (χ1n) is 7.16. The molecule has 1 aliphatic heterocycles. The lowest BCUT2D eigenvalue weighted by atomic mass is 10.1. The molecule has 2 unspecified atom stereocenters. The first kappa shape index (κ1) is 16.4. The molecule has 1 saturated heterocycles. The van der Waals surface area contributed by atoms with E-state index in [0.29, 0.717) is 5.69 Å². The molecule has 3 heterocycles. The van der Waals surface area contributed by atoms with E-state index < -0.39 is 11.9 Å². The normalized spacial score (nSPS) is 21.0. The fourth-order valence-electron chi connectivity index (χ4n) is 2.43. The van der Waals surface area contributed by atoms with Crippen molar-refractivity contribution < 1.29 is 17.9 Å². The summed E-state index contributed by atoms with van der Waals surface area (Å²) in [6.45, 7) is 2.30. The third-order valence-corrected chi connectivity index (χ3v) is 3.61. The van der Waals surface area contributed by atoms with Gasteiger partial charge < -0.3 is 10.1 Å². The molecule has 24 heavy (non-hydrogen) atoms. The van der Waals surface area contributed by atoms with Gasteiger partial charge in [-0.25, -0.2) is 4.68 Å². The Hall–Kier alpha value is -2.49. The number of ether oxygens (including phenoxy) is 1. The molecule has 0 bridgehead atoms.